The Kier molecular flexibility index (Phi) is 5.21. The third-order valence-electron chi connectivity index (χ3n) is 6.09. The molecule has 1 spiro atoms. The number of nitrogens with zero attached hydrogens (tertiary/aromatic N) is 1. The minimum absolute atomic E-state index is 0.0387. The quantitative estimate of drug-likeness (QED) is 0.219. The van der Waals surface area contributed by atoms with Crippen molar-refractivity contribution < 1.29 is 35.9 Å². The van der Waals surface area contributed by atoms with Crippen LogP contribution in [0.1, 0.15) is 48.9 Å². The summed E-state index contributed by atoms with van der Waals surface area (Å²) in [5.41, 5.74) is -1.96. The molecule has 0 radical (unpaired) electrons. The van der Waals surface area contributed by atoms with E-state index in [4.69, 9.17) is 0 Å². The van der Waals surface area contributed by atoms with Crippen LogP contribution in [0.2, 0.25) is 0 Å². The summed E-state index contributed by atoms with van der Waals surface area (Å²) in [6.45, 7) is 0. The molecule has 10 heteroatoms. The first-order valence-corrected chi connectivity index (χ1v) is 11.0. The molecular weight excluding hydrogens is 492 g/mol. The number of alkyl halides is 6. The number of fused-ring (bicyclic) bond motifs is 1. The van der Waals surface area contributed by atoms with Crippen molar-refractivity contribution in [3.8, 4) is 0 Å². The fourth-order valence-corrected chi connectivity index (χ4v) is 5.70. The maximum Gasteiger partial charge on any atom is 0.416 e. The summed E-state index contributed by atoms with van der Waals surface area (Å²) in [6.07, 6.45) is -9.39. The molecule has 35 heavy (non-hydrogen) atoms. The van der Waals surface area contributed by atoms with Crippen molar-refractivity contribution in [2.45, 2.75) is 23.0 Å². The first-order chi connectivity index (χ1) is 16.4. The third-order valence-corrected chi connectivity index (χ3v) is 7.27. The fraction of sp³-hybridized carbons (Fsp3) is 0.160. The Morgan fingerprint density at radius 2 is 1.26 bits per heavy atom. The van der Waals surface area contributed by atoms with E-state index in [-0.39, 0.29) is 28.0 Å². The largest absolute Gasteiger partial charge is 0.416 e. The molecular formula is C25H13F6NO2S. The van der Waals surface area contributed by atoms with Crippen LogP contribution < -0.4 is 0 Å². The molecule has 3 aromatic rings. The summed E-state index contributed by atoms with van der Waals surface area (Å²) in [4.78, 5) is 27.2. The monoisotopic (exact) mass is 505 g/mol. The molecule has 0 N–H and O–H groups in total. The van der Waals surface area contributed by atoms with Crippen LogP contribution >= 0.6 is 11.9 Å². The maximum atomic E-state index is 13.6. The predicted molar refractivity (Wildman–Crippen MR) is 118 cm³/mol. The molecule has 0 saturated carbocycles. The topological polar surface area (TPSA) is 46.5 Å². The van der Waals surface area contributed by atoms with E-state index in [1.807, 2.05) is 0 Å². The van der Waals surface area contributed by atoms with Crippen LogP contribution in [-0.4, -0.2) is 22.0 Å². The van der Waals surface area contributed by atoms with Gasteiger partial charge in [0.25, 0.3) is 0 Å². The Morgan fingerprint density at radius 3 is 1.83 bits per heavy atom. The van der Waals surface area contributed by atoms with Crippen molar-refractivity contribution in [3.05, 3.63) is 106 Å². The van der Waals surface area contributed by atoms with Crippen LogP contribution in [0.25, 0.3) is 0 Å². The molecule has 0 fully saturated rings. The zero-order valence-corrected chi connectivity index (χ0v) is 18.3. The molecule has 3 nitrogen and oxygen atoms in total. The van der Waals surface area contributed by atoms with E-state index in [0.717, 1.165) is 36.4 Å². The number of ketones is 2. The molecule has 0 bridgehead atoms. The number of halogens is 6. The SMILES string of the molecule is O=C1c2ccccc2C(=O)C12SN=C(c1cccc(C(F)(F)F)c1)C2c1cccc(C(F)(F)F)c1. The molecule has 1 unspecified atom stereocenters. The second-order valence-electron chi connectivity index (χ2n) is 8.14. The van der Waals surface area contributed by atoms with E-state index < -0.39 is 45.7 Å². The van der Waals surface area contributed by atoms with Gasteiger partial charge in [-0.3, -0.25) is 9.59 Å². The molecule has 5 rings (SSSR count). The number of hydrogen-bond acceptors (Lipinski definition) is 4. The van der Waals surface area contributed by atoms with Gasteiger partial charge in [0.05, 0.1) is 22.8 Å². The molecule has 3 aromatic carbocycles. The van der Waals surface area contributed by atoms with Gasteiger partial charge in [0.15, 0.2) is 16.3 Å². The van der Waals surface area contributed by atoms with Crippen LogP contribution in [-0.2, 0) is 12.4 Å². The summed E-state index contributed by atoms with van der Waals surface area (Å²) >= 11 is 0.584. The Morgan fingerprint density at radius 1 is 0.714 bits per heavy atom. The predicted octanol–water partition coefficient (Wildman–Crippen LogP) is 6.78. The standard InChI is InChI=1S/C25H13F6NO2S/c26-24(27,28)15-7-3-5-13(11-15)19-20(14-6-4-8-16(12-14)25(29,30)31)32-35-23(19)21(33)17-9-1-2-10-18(17)22(23)34/h1-12,19H. The van der Waals surface area contributed by atoms with Crippen molar-refractivity contribution in [1.82, 2.24) is 0 Å². The van der Waals surface area contributed by atoms with E-state index in [9.17, 15) is 35.9 Å². The Balaban J connectivity index is 1.72. The van der Waals surface area contributed by atoms with Crippen LogP contribution in [0, 0.1) is 0 Å². The molecule has 178 valence electrons. The summed E-state index contributed by atoms with van der Waals surface area (Å²) in [5, 5.41) is 0. The van der Waals surface area contributed by atoms with Gasteiger partial charge in [0.1, 0.15) is 0 Å². The van der Waals surface area contributed by atoms with E-state index in [2.05, 4.69) is 4.40 Å². The van der Waals surface area contributed by atoms with Gasteiger partial charge in [-0.1, -0.05) is 54.6 Å². The van der Waals surface area contributed by atoms with Gasteiger partial charge in [-0.05, 0) is 41.3 Å². The Hall–Kier alpha value is -3.40. The molecule has 1 atom stereocenters. The molecule has 1 aliphatic heterocycles. The number of hydrogen-bond donors (Lipinski definition) is 0. The van der Waals surface area contributed by atoms with Crippen molar-refractivity contribution in [2.75, 3.05) is 0 Å². The average Bonchev–Trinajstić information content (AvgIpc) is 3.32. The van der Waals surface area contributed by atoms with Crippen LogP contribution in [0.5, 0.6) is 0 Å². The summed E-state index contributed by atoms with van der Waals surface area (Å²) in [5.74, 6) is -2.63. The van der Waals surface area contributed by atoms with Crippen molar-refractivity contribution >= 4 is 29.2 Å². The molecule has 2 aliphatic rings. The zero-order chi connectivity index (χ0) is 25.2. The highest BCUT2D eigenvalue weighted by atomic mass is 32.2. The smallest absolute Gasteiger partial charge is 0.292 e. The fourth-order valence-electron chi connectivity index (χ4n) is 4.51. The normalized spacial score (nSPS) is 19.3. The Bertz CT molecular complexity index is 1370. The van der Waals surface area contributed by atoms with E-state index in [1.54, 1.807) is 12.1 Å². The van der Waals surface area contributed by atoms with Crippen molar-refractivity contribution in [1.29, 1.82) is 0 Å². The maximum absolute atomic E-state index is 13.6. The van der Waals surface area contributed by atoms with Gasteiger partial charge in [-0.2, -0.15) is 26.3 Å². The molecule has 1 heterocycles. The van der Waals surface area contributed by atoms with Gasteiger partial charge < -0.3 is 0 Å². The first-order valence-electron chi connectivity index (χ1n) is 10.2. The number of rotatable bonds is 2. The summed E-state index contributed by atoms with van der Waals surface area (Å²) < 4.78 is 82.9. The van der Waals surface area contributed by atoms with Crippen molar-refractivity contribution in [2.24, 2.45) is 4.40 Å². The minimum atomic E-state index is -4.71. The lowest BCUT2D eigenvalue weighted by Gasteiger charge is -2.28. The zero-order valence-electron chi connectivity index (χ0n) is 17.4. The van der Waals surface area contributed by atoms with Gasteiger partial charge in [-0.25, -0.2) is 4.40 Å². The van der Waals surface area contributed by atoms with Crippen LogP contribution in [0.3, 0.4) is 0 Å². The molecule has 0 amide bonds. The minimum Gasteiger partial charge on any atom is -0.292 e. The van der Waals surface area contributed by atoms with Gasteiger partial charge in [0.2, 0.25) is 0 Å². The second-order valence-corrected chi connectivity index (χ2v) is 9.15. The highest BCUT2D eigenvalue weighted by Crippen LogP contribution is 2.55. The highest BCUT2D eigenvalue weighted by molar-refractivity contribution is 8.01. The number of benzene rings is 3. The highest BCUT2D eigenvalue weighted by Gasteiger charge is 2.63. The van der Waals surface area contributed by atoms with Gasteiger partial charge in [0, 0.05) is 11.1 Å². The third kappa shape index (κ3) is 3.58. The Labute approximate surface area is 199 Å². The summed E-state index contributed by atoms with van der Waals surface area (Å²) in [7, 11) is 0. The first kappa shape index (κ1) is 23.3. The number of carbonyl (C=O) groups is 2. The number of Topliss-reactive ketones (excluding diaryl/α,β-unsaturated/α-hetero) is 2. The second kappa shape index (κ2) is 7.81. The molecule has 0 saturated heterocycles. The van der Waals surface area contributed by atoms with Gasteiger partial charge >= 0.3 is 12.4 Å². The van der Waals surface area contributed by atoms with E-state index in [0.29, 0.717) is 11.9 Å². The number of carbonyl (C=O) groups excluding carboxylic acids is 2. The van der Waals surface area contributed by atoms with Gasteiger partial charge in [-0.15, -0.1) is 0 Å². The molecule has 1 aliphatic carbocycles. The molecule has 0 aromatic heterocycles. The van der Waals surface area contributed by atoms with E-state index in [1.165, 1.54) is 24.3 Å². The van der Waals surface area contributed by atoms with Crippen LogP contribution in [0.4, 0.5) is 26.3 Å². The average molecular weight is 505 g/mol. The lowest BCUT2D eigenvalue weighted by atomic mass is 9.76. The van der Waals surface area contributed by atoms with E-state index >= 15 is 0 Å². The van der Waals surface area contributed by atoms with Crippen molar-refractivity contribution in [3.63, 3.8) is 0 Å². The lowest BCUT2D eigenvalue weighted by Crippen LogP contribution is -2.44. The summed E-state index contributed by atoms with van der Waals surface area (Å²) in [6, 6.07) is 14.2. The van der Waals surface area contributed by atoms with Crippen LogP contribution in [0.15, 0.2) is 77.2 Å². The lowest BCUT2D eigenvalue weighted by molar-refractivity contribution is -0.138.